The molecule has 1 N–H and O–H groups in total. The van der Waals surface area contributed by atoms with Gasteiger partial charge in [0.15, 0.2) is 5.96 Å². The molecule has 0 atom stereocenters. The maximum atomic E-state index is 4.39. The summed E-state index contributed by atoms with van der Waals surface area (Å²) < 4.78 is 1.82. The van der Waals surface area contributed by atoms with E-state index in [4.69, 9.17) is 0 Å². The molecular weight excluding hydrogens is 439 g/mol. The minimum absolute atomic E-state index is 0. The number of halogens is 1. The molecule has 0 amide bonds. The molecule has 0 saturated heterocycles. The van der Waals surface area contributed by atoms with Crippen LogP contribution in [0.5, 0.6) is 0 Å². The van der Waals surface area contributed by atoms with Crippen molar-refractivity contribution in [3.63, 3.8) is 0 Å². The number of guanidine groups is 1. The topological polar surface area (TPSA) is 48.7 Å². The molecule has 7 heteroatoms. The molecule has 1 aliphatic rings. The summed E-state index contributed by atoms with van der Waals surface area (Å²) in [5, 5.41) is 7.66. The van der Waals surface area contributed by atoms with Crippen LogP contribution in [0.15, 0.2) is 53.8 Å². The van der Waals surface area contributed by atoms with E-state index in [-0.39, 0.29) is 24.0 Å². The van der Waals surface area contributed by atoms with Crippen LogP contribution in [0.1, 0.15) is 11.1 Å². The Balaban J connectivity index is 0.00000243. The predicted molar refractivity (Wildman–Crippen MR) is 118 cm³/mol. The standard InChI is InChI=1S/C19H26N6.HI/c1-20-19(23(2)14-17-13-22-24(3)15-17)21-12-16-7-6-8-18(11-16)25-9-4-5-10-25;/h4-8,11,13,15H,9-10,12,14H2,1-3H3,(H,20,21);1H. The highest BCUT2D eigenvalue weighted by atomic mass is 127. The quantitative estimate of drug-likeness (QED) is 0.319. The van der Waals surface area contributed by atoms with Crippen molar-refractivity contribution in [2.75, 3.05) is 32.1 Å². The number of anilines is 1. The zero-order valence-corrected chi connectivity index (χ0v) is 17.9. The molecule has 6 nitrogen and oxygen atoms in total. The van der Waals surface area contributed by atoms with E-state index in [2.05, 4.69) is 61.6 Å². The fourth-order valence-corrected chi connectivity index (χ4v) is 3.02. The molecule has 0 fully saturated rings. The van der Waals surface area contributed by atoms with E-state index in [1.807, 2.05) is 38.2 Å². The van der Waals surface area contributed by atoms with Crippen LogP contribution >= 0.6 is 24.0 Å². The molecular formula is C19H27IN6. The highest BCUT2D eigenvalue weighted by molar-refractivity contribution is 14.0. The number of nitrogens with zero attached hydrogens (tertiary/aromatic N) is 5. The van der Waals surface area contributed by atoms with Crippen LogP contribution in [-0.2, 0) is 20.1 Å². The third kappa shape index (κ3) is 5.23. The molecule has 140 valence electrons. The molecule has 1 aromatic heterocycles. The average Bonchev–Trinajstić information content (AvgIpc) is 3.28. The summed E-state index contributed by atoms with van der Waals surface area (Å²) in [7, 11) is 5.78. The number of hydrogen-bond donors (Lipinski definition) is 1. The van der Waals surface area contributed by atoms with Crippen molar-refractivity contribution in [3.8, 4) is 0 Å². The van der Waals surface area contributed by atoms with E-state index in [0.29, 0.717) is 0 Å². The fraction of sp³-hybridized carbons (Fsp3) is 0.368. The Morgan fingerprint density at radius 2 is 2.04 bits per heavy atom. The summed E-state index contributed by atoms with van der Waals surface area (Å²) in [5.74, 6) is 0.872. The van der Waals surface area contributed by atoms with Crippen molar-refractivity contribution < 1.29 is 0 Å². The first-order valence-electron chi connectivity index (χ1n) is 8.54. The van der Waals surface area contributed by atoms with Crippen LogP contribution in [0.4, 0.5) is 5.69 Å². The molecule has 1 aromatic carbocycles. The van der Waals surface area contributed by atoms with Gasteiger partial charge in [0.05, 0.1) is 6.20 Å². The molecule has 26 heavy (non-hydrogen) atoms. The highest BCUT2D eigenvalue weighted by Crippen LogP contribution is 2.18. The van der Waals surface area contributed by atoms with Crippen LogP contribution in [0, 0.1) is 0 Å². The van der Waals surface area contributed by atoms with Gasteiger partial charge in [-0.05, 0) is 17.7 Å². The first-order chi connectivity index (χ1) is 12.2. The van der Waals surface area contributed by atoms with E-state index in [0.717, 1.165) is 37.7 Å². The van der Waals surface area contributed by atoms with E-state index in [9.17, 15) is 0 Å². The Morgan fingerprint density at radius 1 is 1.27 bits per heavy atom. The number of hydrogen-bond acceptors (Lipinski definition) is 3. The fourth-order valence-electron chi connectivity index (χ4n) is 3.02. The van der Waals surface area contributed by atoms with E-state index in [1.165, 1.54) is 11.3 Å². The molecule has 0 bridgehead atoms. The molecule has 0 radical (unpaired) electrons. The van der Waals surface area contributed by atoms with Gasteiger partial charge in [-0.1, -0.05) is 24.3 Å². The van der Waals surface area contributed by atoms with Gasteiger partial charge in [-0.15, -0.1) is 24.0 Å². The van der Waals surface area contributed by atoms with Gasteiger partial charge in [-0.3, -0.25) is 9.67 Å². The minimum Gasteiger partial charge on any atom is -0.364 e. The van der Waals surface area contributed by atoms with Gasteiger partial charge >= 0.3 is 0 Å². The van der Waals surface area contributed by atoms with Crippen molar-refractivity contribution in [1.82, 2.24) is 20.0 Å². The van der Waals surface area contributed by atoms with Gasteiger partial charge in [0, 0.05) is 64.8 Å². The van der Waals surface area contributed by atoms with Gasteiger partial charge in [-0.2, -0.15) is 5.10 Å². The van der Waals surface area contributed by atoms with Crippen molar-refractivity contribution in [2.24, 2.45) is 12.0 Å². The summed E-state index contributed by atoms with van der Waals surface area (Å²) in [6.45, 7) is 3.50. The van der Waals surface area contributed by atoms with E-state index in [1.54, 1.807) is 0 Å². The summed E-state index contributed by atoms with van der Waals surface area (Å²) in [6, 6.07) is 8.68. The second-order valence-corrected chi connectivity index (χ2v) is 6.33. The van der Waals surface area contributed by atoms with Crippen LogP contribution in [0.2, 0.25) is 0 Å². The van der Waals surface area contributed by atoms with Crippen molar-refractivity contribution in [1.29, 1.82) is 0 Å². The molecule has 0 spiro atoms. The lowest BCUT2D eigenvalue weighted by atomic mass is 10.2. The Labute approximate surface area is 172 Å². The number of aromatic nitrogens is 2. The lowest BCUT2D eigenvalue weighted by molar-refractivity contribution is 0.476. The molecule has 0 aliphatic carbocycles. The van der Waals surface area contributed by atoms with Crippen LogP contribution in [-0.4, -0.2) is 47.8 Å². The Morgan fingerprint density at radius 3 is 2.69 bits per heavy atom. The van der Waals surface area contributed by atoms with Gasteiger partial charge in [0.25, 0.3) is 0 Å². The Kier molecular flexibility index (Phi) is 7.50. The highest BCUT2D eigenvalue weighted by Gasteiger charge is 2.10. The summed E-state index contributed by atoms with van der Waals surface area (Å²) >= 11 is 0. The monoisotopic (exact) mass is 466 g/mol. The first kappa shape index (κ1) is 20.3. The molecule has 2 heterocycles. The van der Waals surface area contributed by atoms with Crippen LogP contribution < -0.4 is 10.2 Å². The Hall–Kier alpha value is -2.03. The average molecular weight is 466 g/mol. The number of aryl methyl sites for hydroxylation is 1. The number of benzene rings is 1. The largest absolute Gasteiger partial charge is 0.364 e. The number of aliphatic imine (C=N–C) groups is 1. The molecule has 2 aromatic rings. The van der Waals surface area contributed by atoms with Gasteiger partial charge in [0.1, 0.15) is 0 Å². The molecule has 0 unspecified atom stereocenters. The second kappa shape index (κ2) is 9.61. The lowest BCUT2D eigenvalue weighted by Gasteiger charge is -2.22. The summed E-state index contributed by atoms with van der Waals surface area (Å²) in [4.78, 5) is 8.85. The van der Waals surface area contributed by atoms with Gasteiger partial charge < -0.3 is 15.1 Å². The number of rotatable bonds is 5. The molecule has 1 aliphatic heterocycles. The smallest absolute Gasteiger partial charge is 0.193 e. The first-order valence-corrected chi connectivity index (χ1v) is 8.54. The summed E-state index contributed by atoms with van der Waals surface area (Å²) in [6.07, 6.45) is 8.33. The second-order valence-electron chi connectivity index (χ2n) is 6.33. The molecule has 3 rings (SSSR count). The predicted octanol–water partition coefficient (Wildman–Crippen LogP) is 2.62. The van der Waals surface area contributed by atoms with Crippen molar-refractivity contribution >= 4 is 35.6 Å². The maximum absolute atomic E-state index is 4.39. The third-order valence-corrected chi connectivity index (χ3v) is 4.30. The van der Waals surface area contributed by atoms with Crippen LogP contribution in [0.25, 0.3) is 0 Å². The Bertz CT molecular complexity index is 759. The third-order valence-electron chi connectivity index (χ3n) is 4.30. The maximum Gasteiger partial charge on any atom is 0.193 e. The van der Waals surface area contributed by atoms with E-state index >= 15 is 0 Å². The SMILES string of the molecule is CN=C(NCc1cccc(N2CC=CC2)c1)N(C)Cc1cnn(C)c1.I. The van der Waals surface area contributed by atoms with Crippen molar-refractivity contribution in [2.45, 2.75) is 13.1 Å². The molecule has 0 saturated carbocycles. The van der Waals surface area contributed by atoms with Gasteiger partial charge in [-0.25, -0.2) is 0 Å². The number of nitrogens with one attached hydrogen (secondary N) is 1. The van der Waals surface area contributed by atoms with Crippen molar-refractivity contribution in [3.05, 3.63) is 59.9 Å². The zero-order valence-electron chi connectivity index (χ0n) is 15.6. The zero-order chi connectivity index (χ0) is 17.6. The van der Waals surface area contributed by atoms with Gasteiger partial charge in [0.2, 0.25) is 0 Å². The minimum atomic E-state index is 0. The summed E-state index contributed by atoms with van der Waals surface area (Å²) in [5.41, 5.74) is 3.68. The van der Waals surface area contributed by atoms with E-state index < -0.39 is 0 Å². The lowest BCUT2D eigenvalue weighted by Crippen LogP contribution is -2.38. The normalized spacial score (nSPS) is 13.7. The van der Waals surface area contributed by atoms with Crippen LogP contribution in [0.3, 0.4) is 0 Å².